The Balaban J connectivity index is 3.60. The second-order valence-electron chi connectivity index (χ2n) is 1.90. The Morgan fingerprint density at radius 3 is 2.73 bits per heavy atom. The minimum Gasteiger partial charge on any atom is -0.480 e. The number of hydroxylamine groups is 1. The van der Waals surface area contributed by atoms with Crippen LogP contribution in [-0.2, 0) is 14.4 Å². The van der Waals surface area contributed by atoms with Crippen LogP contribution in [0.2, 0.25) is 0 Å². The largest absolute Gasteiger partial charge is 0.480 e. The third-order valence-corrected chi connectivity index (χ3v) is 1.00. The summed E-state index contributed by atoms with van der Waals surface area (Å²) in [5.74, 6) is -0.986. The first-order valence-electron chi connectivity index (χ1n) is 3.31. The van der Waals surface area contributed by atoms with Gasteiger partial charge in [0, 0.05) is 7.11 Å². The molecule has 0 aromatic heterocycles. The van der Waals surface area contributed by atoms with Crippen molar-refractivity contribution in [3.05, 3.63) is 0 Å². The van der Waals surface area contributed by atoms with Crippen LogP contribution in [-0.4, -0.2) is 37.4 Å². The minimum absolute atomic E-state index is 0.0926. The topological polar surface area (TPSA) is 67.8 Å². The van der Waals surface area contributed by atoms with E-state index in [4.69, 9.17) is 9.94 Å². The second kappa shape index (κ2) is 6.09. The quantitative estimate of drug-likeness (QED) is 0.523. The van der Waals surface area contributed by atoms with Gasteiger partial charge in [0.15, 0.2) is 6.04 Å². The molecule has 0 bridgehead atoms. The molecular formula is C6H13NO4. The summed E-state index contributed by atoms with van der Waals surface area (Å²) >= 11 is 0. The lowest BCUT2D eigenvalue weighted by Gasteiger charge is -2.11. The van der Waals surface area contributed by atoms with E-state index in [1.54, 1.807) is 6.92 Å². The summed E-state index contributed by atoms with van der Waals surface area (Å²) in [6.45, 7) is 2.28. The molecular weight excluding hydrogens is 150 g/mol. The third kappa shape index (κ3) is 4.72. The summed E-state index contributed by atoms with van der Waals surface area (Å²) in [4.78, 5) is 15.1. The number of hydrogen-bond acceptors (Lipinski definition) is 4. The average molecular weight is 163 g/mol. The molecule has 0 aliphatic rings. The van der Waals surface area contributed by atoms with Crippen LogP contribution < -0.4 is 5.48 Å². The normalized spacial score (nSPS) is 12.9. The van der Waals surface area contributed by atoms with E-state index in [9.17, 15) is 4.79 Å². The Hall–Kier alpha value is -0.650. The Labute approximate surface area is 65.3 Å². The van der Waals surface area contributed by atoms with Crippen LogP contribution in [0.1, 0.15) is 6.92 Å². The van der Waals surface area contributed by atoms with Crippen molar-refractivity contribution < 1.29 is 19.5 Å². The Morgan fingerprint density at radius 1 is 1.73 bits per heavy atom. The van der Waals surface area contributed by atoms with Crippen LogP contribution in [0.5, 0.6) is 0 Å². The van der Waals surface area contributed by atoms with Crippen molar-refractivity contribution in [1.82, 2.24) is 5.48 Å². The van der Waals surface area contributed by atoms with Crippen LogP contribution in [0.15, 0.2) is 0 Å². The molecule has 1 unspecified atom stereocenters. The van der Waals surface area contributed by atoms with Gasteiger partial charge in [-0.3, -0.25) is 4.79 Å². The Bertz CT molecular complexity index is 117. The van der Waals surface area contributed by atoms with Gasteiger partial charge in [-0.2, -0.15) is 5.48 Å². The highest BCUT2D eigenvalue weighted by Gasteiger charge is 2.15. The van der Waals surface area contributed by atoms with E-state index < -0.39 is 12.0 Å². The predicted octanol–water partition coefficient (Wildman–Crippen LogP) is -0.373. The molecule has 2 N–H and O–H groups in total. The number of ether oxygens (including phenoxy) is 1. The molecule has 0 spiro atoms. The average Bonchev–Trinajstić information content (AvgIpc) is 1.97. The second-order valence-corrected chi connectivity index (χ2v) is 1.90. The maximum atomic E-state index is 10.4. The molecule has 5 heteroatoms. The number of aliphatic carboxylic acids is 1. The van der Waals surface area contributed by atoms with Gasteiger partial charge in [-0.1, -0.05) is 0 Å². The molecule has 0 saturated heterocycles. The lowest BCUT2D eigenvalue weighted by Crippen LogP contribution is -2.40. The van der Waals surface area contributed by atoms with Gasteiger partial charge in [0.2, 0.25) is 0 Å². The van der Waals surface area contributed by atoms with E-state index in [0.717, 1.165) is 0 Å². The molecule has 0 aliphatic heterocycles. The van der Waals surface area contributed by atoms with Crippen LogP contribution in [0, 0.1) is 0 Å². The fraction of sp³-hybridized carbons (Fsp3) is 0.833. The zero-order valence-corrected chi connectivity index (χ0v) is 6.66. The highest BCUT2D eigenvalue weighted by Crippen LogP contribution is 1.84. The van der Waals surface area contributed by atoms with Gasteiger partial charge >= 0.3 is 5.97 Å². The van der Waals surface area contributed by atoms with Crippen LogP contribution in [0.25, 0.3) is 0 Å². The molecule has 0 radical (unpaired) electrons. The van der Waals surface area contributed by atoms with Gasteiger partial charge in [0.1, 0.15) is 0 Å². The monoisotopic (exact) mass is 163 g/mol. The Kier molecular flexibility index (Phi) is 5.73. The van der Waals surface area contributed by atoms with Crippen molar-refractivity contribution >= 4 is 5.97 Å². The fourth-order valence-electron chi connectivity index (χ4n) is 0.506. The molecule has 0 aromatic carbocycles. The van der Waals surface area contributed by atoms with E-state index in [1.165, 1.54) is 7.11 Å². The van der Waals surface area contributed by atoms with E-state index in [-0.39, 0.29) is 6.61 Å². The van der Waals surface area contributed by atoms with Crippen molar-refractivity contribution in [3.8, 4) is 0 Å². The van der Waals surface area contributed by atoms with Gasteiger partial charge in [-0.25, -0.2) is 0 Å². The molecule has 0 saturated carbocycles. The van der Waals surface area contributed by atoms with Gasteiger partial charge < -0.3 is 14.7 Å². The zero-order valence-electron chi connectivity index (χ0n) is 6.66. The highest BCUT2D eigenvalue weighted by molar-refractivity contribution is 5.73. The first-order valence-corrected chi connectivity index (χ1v) is 3.31. The first kappa shape index (κ1) is 10.3. The summed E-state index contributed by atoms with van der Waals surface area (Å²) in [7, 11) is 1.43. The number of rotatable bonds is 6. The summed E-state index contributed by atoms with van der Waals surface area (Å²) in [6.07, 6.45) is 0. The minimum atomic E-state index is -0.986. The van der Waals surface area contributed by atoms with Crippen molar-refractivity contribution in [2.24, 2.45) is 0 Å². The lowest BCUT2D eigenvalue weighted by molar-refractivity contribution is -0.146. The molecule has 5 nitrogen and oxygen atoms in total. The first-order chi connectivity index (χ1) is 5.22. The highest BCUT2D eigenvalue weighted by atomic mass is 16.6. The van der Waals surface area contributed by atoms with Crippen molar-refractivity contribution in [2.45, 2.75) is 13.0 Å². The summed E-state index contributed by atoms with van der Waals surface area (Å²) in [5.41, 5.74) is 2.35. The molecule has 1 atom stereocenters. The number of carboxylic acid groups (broad SMARTS) is 1. The van der Waals surface area contributed by atoms with Gasteiger partial charge in [-0.05, 0) is 6.92 Å². The number of carboxylic acids is 1. The van der Waals surface area contributed by atoms with Crippen molar-refractivity contribution in [3.63, 3.8) is 0 Å². The van der Waals surface area contributed by atoms with Crippen LogP contribution in [0.4, 0.5) is 0 Å². The number of methoxy groups -OCH3 is 1. The third-order valence-electron chi connectivity index (χ3n) is 1.00. The van der Waals surface area contributed by atoms with Crippen molar-refractivity contribution in [2.75, 3.05) is 20.3 Å². The standard InChI is InChI=1S/C6H13NO4/c1-3-11-7-5(4-10-2)6(8)9/h5,7H,3-4H2,1-2H3,(H,8,9). The van der Waals surface area contributed by atoms with E-state index >= 15 is 0 Å². The van der Waals surface area contributed by atoms with Crippen LogP contribution >= 0.6 is 0 Å². The number of carbonyl (C=O) groups is 1. The summed E-state index contributed by atoms with van der Waals surface area (Å²) < 4.78 is 4.64. The molecule has 0 amide bonds. The molecule has 0 fully saturated rings. The molecule has 0 heterocycles. The summed E-state index contributed by atoms with van der Waals surface area (Å²) in [6, 6.07) is -0.792. The molecule has 0 rings (SSSR count). The lowest BCUT2D eigenvalue weighted by atomic mass is 10.3. The maximum Gasteiger partial charge on any atom is 0.325 e. The molecule has 66 valence electrons. The SMILES string of the molecule is CCONC(COC)C(=O)O. The van der Waals surface area contributed by atoms with E-state index in [0.29, 0.717) is 6.61 Å². The maximum absolute atomic E-state index is 10.4. The van der Waals surface area contributed by atoms with Gasteiger partial charge in [0.25, 0.3) is 0 Å². The zero-order chi connectivity index (χ0) is 8.69. The van der Waals surface area contributed by atoms with Gasteiger partial charge in [-0.15, -0.1) is 0 Å². The smallest absolute Gasteiger partial charge is 0.325 e. The number of hydrogen-bond donors (Lipinski definition) is 2. The van der Waals surface area contributed by atoms with E-state index in [2.05, 4.69) is 10.2 Å². The summed E-state index contributed by atoms with van der Waals surface area (Å²) in [5, 5.41) is 8.51. The Morgan fingerprint density at radius 2 is 2.36 bits per heavy atom. The number of nitrogens with one attached hydrogen (secondary N) is 1. The van der Waals surface area contributed by atoms with Crippen LogP contribution in [0.3, 0.4) is 0 Å². The molecule has 0 aliphatic carbocycles. The molecule has 0 aromatic rings. The van der Waals surface area contributed by atoms with Gasteiger partial charge in [0.05, 0.1) is 13.2 Å². The molecule has 11 heavy (non-hydrogen) atoms. The predicted molar refractivity (Wildman–Crippen MR) is 38.1 cm³/mol. The fourth-order valence-corrected chi connectivity index (χ4v) is 0.506. The van der Waals surface area contributed by atoms with Crippen molar-refractivity contribution in [1.29, 1.82) is 0 Å². The van der Waals surface area contributed by atoms with E-state index in [1.807, 2.05) is 0 Å².